The van der Waals surface area contributed by atoms with Crippen LogP contribution < -0.4 is 5.32 Å². The van der Waals surface area contributed by atoms with Crippen molar-refractivity contribution in [2.24, 2.45) is 0 Å². The molecule has 0 unspecified atom stereocenters. The normalized spacial score (nSPS) is 18.1. The van der Waals surface area contributed by atoms with Gasteiger partial charge in [0.15, 0.2) is 5.69 Å². The van der Waals surface area contributed by atoms with Gasteiger partial charge in [-0.05, 0) is 36.6 Å². The van der Waals surface area contributed by atoms with Crippen molar-refractivity contribution in [3.8, 4) is 5.75 Å². The fourth-order valence-corrected chi connectivity index (χ4v) is 4.13. The van der Waals surface area contributed by atoms with E-state index >= 15 is 0 Å². The number of ether oxygens (including phenoxy) is 1. The van der Waals surface area contributed by atoms with Gasteiger partial charge in [0.25, 0.3) is 0 Å². The van der Waals surface area contributed by atoms with Crippen molar-refractivity contribution < 1.29 is 23.8 Å². The number of rotatable bonds is 8. The first-order chi connectivity index (χ1) is 16.4. The summed E-state index contributed by atoms with van der Waals surface area (Å²) in [6, 6.07) is 12.5. The predicted octanol–water partition coefficient (Wildman–Crippen LogP) is 2.08. The average Bonchev–Trinajstić information content (AvgIpc) is 3.49. The Kier molecular flexibility index (Phi) is 7.17. The highest BCUT2D eigenvalue weighted by atomic mass is 19.1. The van der Waals surface area contributed by atoms with Crippen LogP contribution in [0.25, 0.3) is 0 Å². The summed E-state index contributed by atoms with van der Waals surface area (Å²) in [5, 5.41) is 21.1. The minimum Gasteiger partial charge on any atom is -0.508 e. The first-order valence-electron chi connectivity index (χ1n) is 11.0. The highest BCUT2D eigenvalue weighted by Gasteiger charge is 2.38. The number of aromatic hydroxyl groups is 1. The third kappa shape index (κ3) is 5.40. The Hall–Kier alpha value is -3.79. The molecule has 1 saturated heterocycles. The summed E-state index contributed by atoms with van der Waals surface area (Å²) in [5.41, 5.74) is 1.73. The average molecular weight is 468 g/mol. The van der Waals surface area contributed by atoms with Crippen LogP contribution in [-0.4, -0.2) is 63.1 Å². The van der Waals surface area contributed by atoms with Gasteiger partial charge in [0, 0.05) is 25.2 Å². The Labute approximate surface area is 196 Å². The molecule has 10 heteroatoms. The maximum absolute atomic E-state index is 13.1. The SMILES string of the molecule is COC(=O)c1cn([C@@H]2C[C@@H](C(=O)NCCc3ccc(F)cc3)N(Cc3ccccc3O)C2)nn1. The zero-order valence-electron chi connectivity index (χ0n) is 18.7. The molecule has 1 aliphatic rings. The minimum absolute atomic E-state index is 0.0990. The summed E-state index contributed by atoms with van der Waals surface area (Å²) in [7, 11) is 1.28. The fourth-order valence-electron chi connectivity index (χ4n) is 4.13. The lowest BCUT2D eigenvalue weighted by molar-refractivity contribution is -0.125. The van der Waals surface area contributed by atoms with Gasteiger partial charge < -0.3 is 15.2 Å². The van der Waals surface area contributed by atoms with Crippen LogP contribution in [0.2, 0.25) is 0 Å². The summed E-state index contributed by atoms with van der Waals surface area (Å²) in [6.45, 7) is 1.26. The molecule has 1 amide bonds. The molecular formula is C24H26FN5O4. The lowest BCUT2D eigenvalue weighted by atomic mass is 10.1. The number of para-hydroxylation sites is 1. The number of nitrogens with zero attached hydrogens (tertiary/aromatic N) is 4. The smallest absolute Gasteiger partial charge is 0.360 e. The van der Waals surface area contributed by atoms with Gasteiger partial charge in [-0.25, -0.2) is 13.9 Å². The molecule has 2 aromatic carbocycles. The predicted molar refractivity (Wildman–Crippen MR) is 120 cm³/mol. The second kappa shape index (κ2) is 10.4. The van der Waals surface area contributed by atoms with Crippen LogP contribution in [0, 0.1) is 5.82 Å². The van der Waals surface area contributed by atoms with Crippen LogP contribution in [0.4, 0.5) is 4.39 Å². The molecule has 2 N–H and O–H groups in total. The Balaban J connectivity index is 1.46. The molecule has 1 aromatic heterocycles. The van der Waals surface area contributed by atoms with E-state index in [1.54, 1.807) is 28.9 Å². The molecule has 0 aliphatic carbocycles. The van der Waals surface area contributed by atoms with Crippen LogP contribution in [0.3, 0.4) is 0 Å². The number of aromatic nitrogens is 3. The Morgan fingerprint density at radius 1 is 1.21 bits per heavy atom. The molecule has 0 saturated carbocycles. The van der Waals surface area contributed by atoms with Gasteiger partial charge in [0.1, 0.15) is 11.6 Å². The van der Waals surface area contributed by atoms with Gasteiger partial charge in [-0.1, -0.05) is 35.5 Å². The van der Waals surface area contributed by atoms with Crippen LogP contribution in [0.5, 0.6) is 5.75 Å². The number of phenols is 1. The van der Waals surface area contributed by atoms with Crippen LogP contribution in [0.1, 0.15) is 34.1 Å². The third-order valence-electron chi connectivity index (χ3n) is 5.95. The molecule has 2 atom stereocenters. The van der Waals surface area contributed by atoms with Crippen molar-refractivity contribution in [3.05, 3.63) is 77.4 Å². The summed E-state index contributed by atoms with van der Waals surface area (Å²) in [5.74, 6) is -0.859. The number of likely N-dealkylation sites (tertiary alicyclic amines) is 1. The zero-order chi connectivity index (χ0) is 24.1. The van der Waals surface area contributed by atoms with Crippen molar-refractivity contribution in [1.82, 2.24) is 25.2 Å². The van der Waals surface area contributed by atoms with Crippen molar-refractivity contribution in [3.63, 3.8) is 0 Å². The molecule has 1 aliphatic heterocycles. The maximum Gasteiger partial charge on any atom is 0.360 e. The standard InChI is InChI=1S/C24H26FN5O4/c1-34-24(33)20-15-30(28-27-20)19-12-21(29(14-19)13-17-4-2-3-5-22(17)31)23(32)26-11-10-16-6-8-18(25)9-7-16/h2-9,15,19,21,31H,10-14H2,1H3,(H,26,32)/t19-,21+/m1/s1. The number of carbonyl (C=O) groups is 2. The molecular weight excluding hydrogens is 441 g/mol. The molecule has 1 fully saturated rings. The van der Waals surface area contributed by atoms with Crippen LogP contribution in [-0.2, 0) is 22.5 Å². The van der Waals surface area contributed by atoms with Crippen LogP contribution >= 0.6 is 0 Å². The van der Waals surface area contributed by atoms with Gasteiger partial charge in [0.2, 0.25) is 5.91 Å². The highest BCUT2D eigenvalue weighted by molar-refractivity contribution is 5.86. The highest BCUT2D eigenvalue weighted by Crippen LogP contribution is 2.30. The second-order valence-corrected chi connectivity index (χ2v) is 8.21. The number of carbonyl (C=O) groups excluding carboxylic acids is 2. The quantitative estimate of drug-likeness (QED) is 0.488. The van der Waals surface area contributed by atoms with E-state index in [0.717, 1.165) is 5.56 Å². The van der Waals surface area contributed by atoms with E-state index in [1.165, 1.54) is 25.4 Å². The van der Waals surface area contributed by atoms with E-state index < -0.39 is 12.0 Å². The minimum atomic E-state index is -0.578. The number of nitrogens with one attached hydrogen (secondary N) is 1. The number of amides is 1. The first-order valence-corrected chi connectivity index (χ1v) is 11.0. The molecule has 0 bridgehead atoms. The van der Waals surface area contributed by atoms with Crippen LogP contribution in [0.15, 0.2) is 54.7 Å². The van der Waals surface area contributed by atoms with Gasteiger partial charge in [-0.2, -0.15) is 0 Å². The number of methoxy groups -OCH3 is 1. The summed E-state index contributed by atoms with van der Waals surface area (Å²) in [4.78, 5) is 26.8. The largest absolute Gasteiger partial charge is 0.508 e. The van der Waals surface area contributed by atoms with E-state index in [4.69, 9.17) is 4.74 Å². The van der Waals surface area contributed by atoms with E-state index in [2.05, 4.69) is 15.6 Å². The molecule has 2 heterocycles. The monoisotopic (exact) mass is 467 g/mol. The maximum atomic E-state index is 13.1. The van der Waals surface area contributed by atoms with E-state index in [9.17, 15) is 19.1 Å². The van der Waals surface area contributed by atoms with Gasteiger partial charge >= 0.3 is 5.97 Å². The number of hydrogen-bond donors (Lipinski definition) is 2. The summed E-state index contributed by atoms with van der Waals surface area (Å²) in [6.07, 6.45) is 2.55. The second-order valence-electron chi connectivity index (χ2n) is 8.21. The Bertz CT molecular complexity index is 1150. The summed E-state index contributed by atoms with van der Waals surface area (Å²) < 4.78 is 19.4. The van der Waals surface area contributed by atoms with Gasteiger partial charge in [0.05, 0.1) is 25.4 Å². The molecule has 0 spiro atoms. The number of hydrogen-bond acceptors (Lipinski definition) is 7. The molecule has 4 rings (SSSR count). The van der Waals surface area contributed by atoms with E-state index in [1.807, 2.05) is 17.0 Å². The van der Waals surface area contributed by atoms with Gasteiger partial charge in [-0.15, -0.1) is 5.10 Å². The van der Waals surface area contributed by atoms with Crippen molar-refractivity contribution >= 4 is 11.9 Å². The molecule has 0 radical (unpaired) electrons. The third-order valence-corrected chi connectivity index (χ3v) is 5.95. The number of halogens is 1. The number of phenolic OH excluding ortho intramolecular Hbond substituents is 1. The van der Waals surface area contributed by atoms with E-state index in [-0.39, 0.29) is 29.2 Å². The van der Waals surface area contributed by atoms with Crippen molar-refractivity contribution in [2.75, 3.05) is 20.2 Å². The summed E-state index contributed by atoms with van der Waals surface area (Å²) >= 11 is 0. The van der Waals surface area contributed by atoms with Crippen molar-refractivity contribution in [1.29, 1.82) is 0 Å². The fraction of sp³-hybridized carbons (Fsp3) is 0.333. The number of benzene rings is 2. The molecule has 34 heavy (non-hydrogen) atoms. The lowest BCUT2D eigenvalue weighted by Gasteiger charge is -2.24. The molecule has 9 nitrogen and oxygen atoms in total. The lowest BCUT2D eigenvalue weighted by Crippen LogP contribution is -2.43. The zero-order valence-corrected chi connectivity index (χ0v) is 18.7. The Morgan fingerprint density at radius 3 is 2.71 bits per heavy atom. The number of esters is 1. The van der Waals surface area contributed by atoms with Gasteiger partial charge in [-0.3, -0.25) is 9.69 Å². The molecule has 3 aromatic rings. The Morgan fingerprint density at radius 2 is 1.97 bits per heavy atom. The first kappa shape index (κ1) is 23.4. The topological polar surface area (TPSA) is 110 Å². The van der Waals surface area contributed by atoms with Crippen molar-refractivity contribution in [2.45, 2.75) is 31.5 Å². The molecule has 178 valence electrons. The van der Waals surface area contributed by atoms with E-state index in [0.29, 0.717) is 38.0 Å².